The third-order valence-corrected chi connectivity index (χ3v) is 6.21. The number of nitrogens with two attached hydrogens (primary N) is 1. The second-order valence-corrected chi connectivity index (χ2v) is 8.76. The van der Waals surface area contributed by atoms with Crippen molar-refractivity contribution in [2.45, 2.75) is 24.3 Å². The highest BCUT2D eigenvalue weighted by molar-refractivity contribution is 7.89. The van der Waals surface area contributed by atoms with Gasteiger partial charge >= 0.3 is 5.97 Å². The lowest BCUT2D eigenvalue weighted by Gasteiger charge is -2.16. The van der Waals surface area contributed by atoms with Gasteiger partial charge in [0, 0.05) is 30.6 Å². The van der Waals surface area contributed by atoms with Crippen molar-refractivity contribution in [1.82, 2.24) is 15.4 Å². The van der Waals surface area contributed by atoms with Crippen molar-refractivity contribution in [3.63, 3.8) is 0 Å². The Labute approximate surface area is 190 Å². The van der Waals surface area contributed by atoms with Crippen LogP contribution in [0.3, 0.4) is 0 Å². The van der Waals surface area contributed by atoms with Crippen LogP contribution in [0.5, 0.6) is 0 Å². The average Bonchev–Trinajstić information content (AvgIpc) is 2.76. The molecule has 2 aromatic carbocycles. The van der Waals surface area contributed by atoms with Gasteiger partial charge in [0.1, 0.15) is 11.9 Å². The molecule has 1 unspecified atom stereocenters. The summed E-state index contributed by atoms with van der Waals surface area (Å²) in [5.74, 6) is -2.58. The maximum Gasteiger partial charge on any atom is 0.323 e. The van der Waals surface area contributed by atoms with Crippen LogP contribution in [-0.2, 0) is 19.6 Å². The predicted octanol–water partition coefficient (Wildman–Crippen LogP) is -0.0531. The molecule has 0 aliphatic rings. The van der Waals surface area contributed by atoms with Crippen molar-refractivity contribution in [3.05, 3.63) is 65.2 Å². The number of benzene rings is 2. The van der Waals surface area contributed by atoms with Crippen LogP contribution in [0, 0.1) is 12.3 Å². The van der Waals surface area contributed by atoms with Gasteiger partial charge in [0.25, 0.3) is 5.91 Å². The average molecular weight is 476 g/mol. The number of hydrogen-bond acceptors (Lipinski definition) is 6. The fraction of sp³-hybridized carbons (Fsp3) is 0.238. The lowest BCUT2D eigenvalue weighted by Crippen LogP contribution is -2.48. The maximum atomic E-state index is 12.5. The van der Waals surface area contributed by atoms with Gasteiger partial charge < -0.3 is 21.5 Å². The van der Waals surface area contributed by atoms with Gasteiger partial charge in [-0.05, 0) is 30.7 Å². The Balaban J connectivity index is 1.85. The lowest BCUT2D eigenvalue weighted by molar-refractivity contribution is -0.138. The molecule has 0 bridgehead atoms. The van der Waals surface area contributed by atoms with Gasteiger partial charge in [0.05, 0.1) is 4.90 Å². The third-order valence-electron chi connectivity index (χ3n) is 4.58. The highest BCUT2D eigenvalue weighted by Gasteiger charge is 2.26. The highest BCUT2D eigenvalue weighted by Crippen LogP contribution is 2.14. The molecule has 0 fully saturated rings. The number of sulfonamides is 1. The summed E-state index contributed by atoms with van der Waals surface area (Å²) in [6.45, 7) is 1.09. The minimum Gasteiger partial charge on any atom is -0.480 e. The topological polar surface area (TPSA) is 192 Å². The van der Waals surface area contributed by atoms with Gasteiger partial charge in [0.2, 0.25) is 15.9 Å². The number of aliphatic carboxylic acids is 1. The molecule has 7 N–H and O–H groups in total. The zero-order valence-corrected chi connectivity index (χ0v) is 18.6. The Morgan fingerprint density at radius 1 is 1.03 bits per heavy atom. The number of carboxylic acid groups (broad SMARTS) is 1. The number of carbonyl (C=O) groups excluding carboxylic acids is 2. The fourth-order valence-electron chi connectivity index (χ4n) is 2.79. The molecule has 0 radical (unpaired) electrons. The zero-order valence-electron chi connectivity index (χ0n) is 17.8. The molecule has 0 heterocycles. The van der Waals surface area contributed by atoms with Crippen molar-refractivity contribution in [3.8, 4) is 0 Å². The summed E-state index contributed by atoms with van der Waals surface area (Å²) in [6.07, 6.45) is -0.145. The van der Waals surface area contributed by atoms with E-state index in [9.17, 15) is 27.9 Å². The summed E-state index contributed by atoms with van der Waals surface area (Å²) >= 11 is 0. The molecule has 2 rings (SSSR count). The van der Waals surface area contributed by atoms with E-state index in [1.807, 2.05) is 0 Å². The lowest BCUT2D eigenvalue weighted by atomic mass is 10.1. The normalized spacial score (nSPS) is 11.9. The second kappa shape index (κ2) is 11.2. The van der Waals surface area contributed by atoms with Gasteiger partial charge in [-0.25, -0.2) is 8.42 Å². The quantitative estimate of drug-likeness (QED) is 0.194. The largest absolute Gasteiger partial charge is 0.480 e. The van der Waals surface area contributed by atoms with Crippen LogP contribution in [0.4, 0.5) is 0 Å². The van der Waals surface area contributed by atoms with Gasteiger partial charge in [-0.3, -0.25) is 19.8 Å². The van der Waals surface area contributed by atoms with Gasteiger partial charge in [-0.2, -0.15) is 4.72 Å². The number of nitrogens with one attached hydrogen (secondary N) is 4. The van der Waals surface area contributed by atoms with E-state index in [1.54, 1.807) is 19.1 Å². The van der Waals surface area contributed by atoms with Crippen LogP contribution in [0.25, 0.3) is 0 Å². The first-order valence-corrected chi connectivity index (χ1v) is 11.3. The molecule has 2 amide bonds. The molecule has 2 aromatic rings. The first-order valence-electron chi connectivity index (χ1n) is 9.81. The molecule has 0 spiro atoms. The Morgan fingerprint density at radius 3 is 2.21 bits per heavy atom. The first-order chi connectivity index (χ1) is 15.5. The molecular formula is C21H25N5O6S. The summed E-state index contributed by atoms with van der Waals surface area (Å²) in [5.41, 5.74) is 6.59. The standard InChI is InChI=1S/C21H25N5O6S/c1-13-4-2-3-5-17(13)33(31,32)26-16(21(29)30)12-25-18(27)10-11-24-20(28)15-8-6-14(7-9-15)19(22)23/h2-9,16,26H,10-12H2,1H3,(H3,22,23)(H,24,28)(H,25,27)(H,29,30). The van der Waals surface area contributed by atoms with E-state index < -0.39 is 40.4 Å². The summed E-state index contributed by atoms with van der Waals surface area (Å²) in [6, 6.07) is 10.6. The monoisotopic (exact) mass is 475 g/mol. The summed E-state index contributed by atoms with van der Waals surface area (Å²) in [4.78, 5) is 35.5. The van der Waals surface area contributed by atoms with Crippen molar-refractivity contribution in [2.24, 2.45) is 5.73 Å². The number of amidine groups is 1. The number of aryl methyl sites for hydroxylation is 1. The summed E-state index contributed by atoms with van der Waals surface area (Å²) < 4.78 is 27.1. The number of rotatable bonds is 11. The molecule has 0 aliphatic carbocycles. The van der Waals surface area contributed by atoms with E-state index in [1.165, 1.54) is 36.4 Å². The van der Waals surface area contributed by atoms with Crippen LogP contribution in [-0.4, -0.2) is 56.3 Å². The Hall–Kier alpha value is -3.77. The van der Waals surface area contributed by atoms with E-state index >= 15 is 0 Å². The SMILES string of the molecule is Cc1ccccc1S(=O)(=O)NC(CNC(=O)CCNC(=O)c1ccc(C(=N)N)cc1)C(=O)O. The van der Waals surface area contributed by atoms with Crippen molar-refractivity contribution in [1.29, 1.82) is 5.41 Å². The van der Waals surface area contributed by atoms with E-state index in [-0.39, 0.29) is 23.7 Å². The number of carboxylic acids is 1. The minimum absolute atomic E-state index is 0.0220. The molecule has 11 nitrogen and oxygen atoms in total. The minimum atomic E-state index is -4.11. The van der Waals surface area contributed by atoms with Gasteiger partial charge in [-0.15, -0.1) is 0 Å². The predicted molar refractivity (Wildman–Crippen MR) is 120 cm³/mol. The van der Waals surface area contributed by atoms with Gasteiger partial charge in [-0.1, -0.05) is 30.3 Å². The molecule has 0 saturated heterocycles. The number of nitrogen functional groups attached to an aromatic ring is 1. The molecule has 0 saturated carbocycles. The molecule has 176 valence electrons. The zero-order chi connectivity index (χ0) is 24.6. The number of hydrogen-bond donors (Lipinski definition) is 6. The number of carbonyl (C=O) groups is 3. The van der Waals surface area contributed by atoms with Gasteiger partial charge in [0.15, 0.2) is 0 Å². The van der Waals surface area contributed by atoms with Crippen LogP contribution in [0.2, 0.25) is 0 Å². The van der Waals surface area contributed by atoms with Crippen LogP contribution >= 0.6 is 0 Å². The van der Waals surface area contributed by atoms with Crippen LogP contribution in [0.1, 0.15) is 27.9 Å². The Morgan fingerprint density at radius 2 is 1.64 bits per heavy atom. The Kier molecular flexibility index (Phi) is 8.65. The summed E-state index contributed by atoms with van der Waals surface area (Å²) in [5, 5.41) is 21.6. The molecular weight excluding hydrogens is 450 g/mol. The van der Waals surface area contributed by atoms with Crippen LogP contribution < -0.4 is 21.1 Å². The Bertz CT molecular complexity index is 1150. The van der Waals surface area contributed by atoms with Crippen LogP contribution in [0.15, 0.2) is 53.4 Å². The van der Waals surface area contributed by atoms with Crippen molar-refractivity contribution in [2.75, 3.05) is 13.1 Å². The maximum absolute atomic E-state index is 12.5. The first kappa shape index (κ1) is 25.5. The number of amides is 2. The van der Waals surface area contributed by atoms with Crippen molar-refractivity contribution >= 4 is 33.6 Å². The summed E-state index contributed by atoms with van der Waals surface area (Å²) in [7, 11) is -4.11. The van der Waals surface area contributed by atoms with E-state index in [4.69, 9.17) is 11.1 Å². The molecule has 0 aliphatic heterocycles. The molecule has 0 aromatic heterocycles. The molecule has 1 atom stereocenters. The third kappa shape index (κ3) is 7.40. The van der Waals surface area contributed by atoms with E-state index in [0.717, 1.165) is 0 Å². The second-order valence-electron chi connectivity index (χ2n) is 7.08. The van der Waals surface area contributed by atoms with E-state index in [2.05, 4.69) is 15.4 Å². The van der Waals surface area contributed by atoms with Crippen molar-refractivity contribution < 1.29 is 27.9 Å². The fourth-order valence-corrected chi connectivity index (χ4v) is 4.22. The van der Waals surface area contributed by atoms with E-state index in [0.29, 0.717) is 16.7 Å². The smallest absolute Gasteiger partial charge is 0.323 e. The molecule has 33 heavy (non-hydrogen) atoms. The highest BCUT2D eigenvalue weighted by atomic mass is 32.2. The molecule has 12 heteroatoms.